The average molecular weight is 425 g/mol. The van der Waals surface area contributed by atoms with Crippen LogP contribution in [-0.2, 0) is 17.3 Å². The van der Waals surface area contributed by atoms with Crippen molar-refractivity contribution < 1.29 is 14.0 Å². The number of aromatic nitrogens is 2. The Bertz CT molecular complexity index is 1190. The Morgan fingerprint density at radius 1 is 1.30 bits per heavy atom. The molecule has 0 bridgehead atoms. The topological polar surface area (TPSA) is 67.2 Å². The second-order valence-electron chi connectivity index (χ2n) is 7.69. The van der Waals surface area contributed by atoms with Gasteiger partial charge in [0.25, 0.3) is 5.91 Å². The summed E-state index contributed by atoms with van der Waals surface area (Å²) >= 11 is 5.85. The molecular weight excluding hydrogens is 407 g/mol. The molecule has 2 atom stereocenters. The molecule has 1 spiro atoms. The molecule has 8 heteroatoms. The Hall–Kier alpha value is -3.19. The lowest BCUT2D eigenvalue weighted by atomic mass is 9.73. The summed E-state index contributed by atoms with van der Waals surface area (Å²) in [4.78, 5) is 28.3. The van der Waals surface area contributed by atoms with Crippen molar-refractivity contribution in [2.24, 2.45) is 7.05 Å². The van der Waals surface area contributed by atoms with Crippen LogP contribution in [0.1, 0.15) is 33.9 Å². The molecule has 1 saturated heterocycles. The number of benzene rings is 2. The van der Waals surface area contributed by atoms with E-state index in [1.807, 2.05) is 24.3 Å². The van der Waals surface area contributed by atoms with Crippen molar-refractivity contribution in [2.45, 2.75) is 17.9 Å². The molecule has 5 rings (SSSR count). The highest BCUT2D eigenvalue weighted by Gasteiger charge is 2.59. The predicted octanol–water partition coefficient (Wildman–Crippen LogP) is 3.69. The van der Waals surface area contributed by atoms with Crippen molar-refractivity contribution in [3.8, 4) is 0 Å². The predicted molar refractivity (Wildman–Crippen MR) is 110 cm³/mol. The fourth-order valence-corrected chi connectivity index (χ4v) is 4.93. The lowest BCUT2D eigenvalue weighted by Crippen LogP contribution is -2.42. The average Bonchev–Trinajstić information content (AvgIpc) is 3.39. The van der Waals surface area contributed by atoms with Crippen LogP contribution in [0.3, 0.4) is 0 Å². The standard InChI is InChI=1S/C22H18ClFN4O2/c1-27-12-13(11-25-27)19-22(16-4-2-3-5-18(16)26-21(22)30)8-9-28(19)20(29)15-7-6-14(23)10-17(15)24/h2-7,10-12,19H,8-9H2,1H3,(H,26,30). The van der Waals surface area contributed by atoms with Gasteiger partial charge in [-0.3, -0.25) is 14.3 Å². The number of likely N-dealkylation sites (tertiary alicyclic amines) is 1. The van der Waals surface area contributed by atoms with Gasteiger partial charge in [0.05, 0.1) is 17.8 Å². The molecule has 2 amide bonds. The first-order chi connectivity index (χ1) is 14.4. The summed E-state index contributed by atoms with van der Waals surface area (Å²) in [5.74, 6) is -1.33. The first kappa shape index (κ1) is 18.8. The maximum Gasteiger partial charge on any atom is 0.257 e. The van der Waals surface area contributed by atoms with Gasteiger partial charge in [0.2, 0.25) is 5.91 Å². The summed E-state index contributed by atoms with van der Waals surface area (Å²) in [5, 5.41) is 7.42. The van der Waals surface area contributed by atoms with Gasteiger partial charge in [0.1, 0.15) is 11.2 Å². The van der Waals surface area contributed by atoms with E-state index in [1.165, 1.54) is 12.1 Å². The molecule has 2 unspecified atom stereocenters. The van der Waals surface area contributed by atoms with Gasteiger partial charge in [0.15, 0.2) is 0 Å². The van der Waals surface area contributed by atoms with Gasteiger partial charge < -0.3 is 10.2 Å². The molecule has 6 nitrogen and oxygen atoms in total. The molecule has 1 aromatic heterocycles. The summed E-state index contributed by atoms with van der Waals surface area (Å²) in [7, 11) is 1.78. The summed E-state index contributed by atoms with van der Waals surface area (Å²) < 4.78 is 16.2. The van der Waals surface area contributed by atoms with Crippen molar-refractivity contribution in [2.75, 3.05) is 11.9 Å². The molecule has 0 aliphatic carbocycles. The maximum atomic E-state index is 14.5. The summed E-state index contributed by atoms with van der Waals surface area (Å²) in [6.07, 6.45) is 3.88. The third-order valence-electron chi connectivity index (χ3n) is 6.05. The van der Waals surface area contributed by atoms with Gasteiger partial charge in [-0.2, -0.15) is 5.10 Å². The lowest BCUT2D eigenvalue weighted by molar-refractivity contribution is -0.121. The first-order valence-electron chi connectivity index (χ1n) is 9.57. The van der Waals surface area contributed by atoms with Crippen molar-refractivity contribution in [3.63, 3.8) is 0 Å². The van der Waals surface area contributed by atoms with Crippen LogP contribution in [0.5, 0.6) is 0 Å². The highest BCUT2D eigenvalue weighted by Crippen LogP contribution is 2.54. The van der Waals surface area contributed by atoms with E-state index >= 15 is 0 Å². The molecule has 1 fully saturated rings. The Balaban J connectivity index is 1.66. The van der Waals surface area contributed by atoms with Gasteiger partial charge in [-0.05, 0) is 36.2 Å². The molecule has 30 heavy (non-hydrogen) atoms. The number of aryl methyl sites for hydroxylation is 1. The number of hydrogen-bond acceptors (Lipinski definition) is 3. The smallest absolute Gasteiger partial charge is 0.257 e. The number of carbonyl (C=O) groups excluding carboxylic acids is 2. The number of carbonyl (C=O) groups is 2. The van der Waals surface area contributed by atoms with E-state index in [-0.39, 0.29) is 16.5 Å². The summed E-state index contributed by atoms with van der Waals surface area (Å²) in [6.45, 7) is 0.308. The molecule has 0 saturated carbocycles. The monoisotopic (exact) mass is 424 g/mol. The molecule has 1 N–H and O–H groups in total. The van der Waals surface area contributed by atoms with Crippen LogP contribution in [0.4, 0.5) is 10.1 Å². The van der Waals surface area contributed by atoms with Crippen molar-refractivity contribution in [1.82, 2.24) is 14.7 Å². The van der Waals surface area contributed by atoms with Crippen LogP contribution in [0.15, 0.2) is 54.9 Å². The van der Waals surface area contributed by atoms with Gasteiger partial charge in [-0.1, -0.05) is 29.8 Å². The quantitative estimate of drug-likeness (QED) is 0.682. The van der Waals surface area contributed by atoms with Crippen LogP contribution in [0.2, 0.25) is 5.02 Å². The number of nitrogens with one attached hydrogen (secondary N) is 1. The highest BCUT2D eigenvalue weighted by atomic mass is 35.5. The Morgan fingerprint density at radius 3 is 2.83 bits per heavy atom. The van der Waals surface area contributed by atoms with E-state index in [2.05, 4.69) is 10.4 Å². The fraction of sp³-hybridized carbons (Fsp3) is 0.227. The molecule has 0 radical (unpaired) electrons. The maximum absolute atomic E-state index is 14.5. The van der Waals surface area contributed by atoms with E-state index in [0.717, 1.165) is 22.9 Å². The highest BCUT2D eigenvalue weighted by molar-refractivity contribution is 6.30. The molecule has 3 heterocycles. The van der Waals surface area contributed by atoms with Crippen LogP contribution < -0.4 is 5.32 Å². The van der Waals surface area contributed by atoms with Crippen LogP contribution in [-0.4, -0.2) is 33.0 Å². The lowest BCUT2D eigenvalue weighted by Gasteiger charge is -2.33. The first-order valence-corrected chi connectivity index (χ1v) is 9.95. The van der Waals surface area contributed by atoms with E-state index in [0.29, 0.717) is 13.0 Å². The van der Waals surface area contributed by atoms with Gasteiger partial charge in [-0.15, -0.1) is 0 Å². The zero-order valence-corrected chi connectivity index (χ0v) is 16.9. The van der Waals surface area contributed by atoms with E-state index < -0.39 is 23.2 Å². The van der Waals surface area contributed by atoms with Gasteiger partial charge in [-0.25, -0.2) is 4.39 Å². The zero-order valence-electron chi connectivity index (χ0n) is 16.1. The molecule has 152 valence electrons. The second kappa shape index (κ2) is 6.67. The van der Waals surface area contributed by atoms with Crippen LogP contribution >= 0.6 is 11.6 Å². The van der Waals surface area contributed by atoms with Crippen molar-refractivity contribution in [3.05, 3.63) is 82.4 Å². The minimum Gasteiger partial charge on any atom is -0.330 e. The number of rotatable bonds is 2. The van der Waals surface area contributed by atoms with E-state index in [9.17, 15) is 14.0 Å². The van der Waals surface area contributed by atoms with Gasteiger partial charge in [0, 0.05) is 36.1 Å². The van der Waals surface area contributed by atoms with Gasteiger partial charge >= 0.3 is 0 Å². The van der Waals surface area contributed by atoms with Crippen LogP contribution in [0, 0.1) is 5.82 Å². The van der Waals surface area contributed by atoms with E-state index in [1.54, 1.807) is 29.0 Å². The molecule has 2 aliphatic heterocycles. The number of halogens is 2. The number of para-hydroxylation sites is 1. The molecule has 2 aliphatic rings. The van der Waals surface area contributed by atoms with Crippen molar-refractivity contribution >= 4 is 29.1 Å². The number of fused-ring (bicyclic) bond motifs is 2. The Morgan fingerprint density at radius 2 is 2.10 bits per heavy atom. The third-order valence-corrected chi connectivity index (χ3v) is 6.28. The van der Waals surface area contributed by atoms with Crippen LogP contribution in [0.25, 0.3) is 0 Å². The number of anilines is 1. The normalized spacial score (nSPS) is 22.4. The fourth-order valence-electron chi connectivity index (χ4n) is 4.77. The summed E-state index contributed by atoms with van der Waals surface area (Å²) in [5.41, 5.74) is 1.28. The number of hydrogen-bond donors (Lipinski definition) is 1. The van der Waals surface area contributed by atoms with Crippen molar-refractivity contribution in [1.29, 1.82) is 0 Å². The third kappa shape index (κ3) is 2.58. The Kier molecular flexibility index (Phi) is 4.18. The minimum atomic E-state index is -0.960. The largest absolute Gasteiger partial charge is 0.330 e. The van der Waals surface area contributed by atoms with E-state index in [4.69, 9.17) is 11.6 Å². The summed E-state index contributed by atoms with van der Waals surface area (Å²) in [6, 6.07) is 10.9. The minimum absolute atomic E-state index is 0.0722. The second-order valence-corrected chi connectivity index (χ2v) is 8.13. The number of nitrogens with zero attached hydrogens (tertiary/aromatic N) is 3. The molecule has 3 aromatic rings. The molecule has 2 aromatic carbocycles. The zero-order chi connectivity index (χ0) is 21.0. The Labute approximate surface area is 177 Å². The molecular formula is C22H18ClFN4O2. The number of amides is 2. The SMILES string of the molecule is Cn1cc(C2N(C(=O)c3ccc(Cl)cc3F)CCC23C(=O)Nc2ccccc23)cn1.